The van der Waals surface area contributed by atoms with Crippen LogP contribution in [0, 0.1) is 5.41 Å². The van der Waals surface area contributed by atoms with Gasteiger partial charge in [-0.3, -0.25) is 0 Å². The van der Waals surface area contributed by atoms with Crippen LogP contribution in [-0.4, -0.2) is 41.0 Å². The highest BCUT2D eigenvalue weighted by Crippen LogP contribution is 2.49. The second-order valence-corrected chi connectivity index (χ2v) is 7.42. The SMILES string of the molecule is CC(C)(C)OC(=O)NC1CC2(C1)CN(c1ccc(N)nn1)C2. The number of anilines is 2. The van der Waals surface area contributed by atoms with Gasteiger partial charge in [0.05, 0.1) is 0 Å². The predicted molar refractivity (Wildman–Crippen MR) is 83.5 cm³/mol. The van der Waals surface area contributed by atoms with Crippen molar-refractivity contribution >= 4 is 17.7 Å². The molecule has 0 bridgehead atoms. The summed E-state index contributed by atoms with van der Waals surface area (Å²) < 4.78 is 5.27. The molecule has 1 amide bonds. The molecule has 120 valence electrons. The number of alkyl carbamates (subject to hydrolysis) is 1. The highest BCUT2D eigenvalue weighted by molar-refractivity contribution is 5.68. The first kappa shape index (κ1) is 14.9. The third kappa shape index (κ3) is 3.08. The summed E-state index contributed by atoms with van der Waals surface area (Å²) in [6, 6.07) is 3.88. The maximum absolute atomic E-state index is 11.7. The van der Waals surface area contributed by atoms with Crippen LogP contribution in [-0.2, 0) is 4.74 Å². The fourth-order valence-corrected chi connectivity index (χ4v) is 3.25. The minimum atomic E-state index is -0.452. The van der Waals surface area contributed by atoms with Crippen LogP contribution in [0.15, 0.2) is 12.1 Å². The Bertz CT molecular complexity index is 552. The third-order valence-electron chi connectivity index (χ3n) is 4.13. The second kappa shape index (κ2) is 5.00. The van der Waals surface area contributed by atoms with Crippen LogP contribution in [0.25, 0.3) is 0 Å². The van der Waals surface area contributed by atoms with Gasteiger partial charge in [0.25, 0.3) is 0 Å². The third-order valence-corrected chi connectivity index (χ3v) is 4.13. The molecule has 2 aliphatic rings. The molecule has 3 rings (SSSR count). The Morgan fingerprint density at radius 3 is 2.59 bits per heavy atom. The molecule has 1 aliphatic carbocycles. The van der Waals surface area contributed by atoms with Gasteiger partial charge in [-0.2, -0.15) is 0 Å². The Kier molecular flexibility index (Phi) is 3.38. The molecule has 3 N–H and O–H groups in total. The number of nitrogens with zero attached hydrogens (tertiary/aromatic N) is 3. The van der Waals surface area contributed by atoms with Gasteiger partial charge < -0.3 is 20.7 Å². The molecule has 1 aromatic heterocycles. The first-order chi connectivity index (χ1) is 10.2. The van der Waals surface area contributed by atoms with Gasteiger partial charge in [-0.15, -0.1) is 10.2 Å². The molecule has 7 nitrogen and oxygen atoms in total. The van der Waals surface area contributed by atoms with Crippen molar-refractivity contribution in [3.8, 4) is 0 Å². The Labute approximate surface area is 130 Å². The number of rotatable bonds is 2. The first-order valence-electron chi connectivity index (χ1n) is 7.58. The number of hydrogen-bond acceptors (Lipinski definition) is 6. The summed E-state index contributed by atoms with van der Waals surface area (Å²) in [5, 5.41) is 10.9. The van der Waals surface area contributed by atoms with Gasteiger partial charge in [0.2, 0.25) is 0 Å². The molecule has 1 saturated carbocycles. The van der Waals surface area contributed by atoms with Crippen molar-refractivity contribution in [1.29, 1.82) is 0 Å². The molecule has 0 unspecified atom stereocenters. The van der Waals surface area contributed by atoms with E-state index in [0.29, 0.717) is 11.2 Å². The van der Waals surface area contributed by atoms with E-state index in [0.717, 1.165) is 31.7 Å². The summed E-state index contributed by atoms with van der Waals surface area (Å²) in [5.41, 5.74) is 5.40. The highest BCUT2D eigenvalue weighted by Gasteiger charge is 2.53. The summed E-state index contributed by atoms with van der Waals surface area (Å²) in [6.45, 7) is 7.51. The molecule has 0 aromatic carbocycles. The highest BCUT2D eigenvalue weighted by atomic mass is 16.6. The fourth-order valence-electron chi connectivity index (χ4n) is 3.25. The summed E-state index contributed by atoms with van der Waals surface area (Å²) in [6.07, 6.45) is 1.66. The van der Waals surface area contributed by atoms with Gasteiger partial charge in [0, 0.05) is 24.5 Å². The maximum atomic E-state index is 11.7. The average Bonchev–Trinajstić information content (AvgIpc) is 2.29. The van der Waals surface area contributed by atoms with Crippen molar-refractivity contribution < 1.29 is 9.53 Å². The molecule has 22 heavy (non-hydrogen) atoms. The summed E-state index contributed by atoms with van der Waals surface area (Å²) in [4.78, 5) is 13.9. The Balaban J connectivity index is 1.43. The van der Waals surface area contributed by atoms with Crippen LogP contribution in [0.5, 0.6) is 0 Å². The maximum Gasteiger partial charge on any atom is 0.407 e. The lowest BCUT2D eigenvalue weighted by Gasteiger charge is -2.59. The largest absolute Gasteiger partial charge is 0.444 e. The van der Waals surface area contributed by atoms with Crippen molar-refractivity contribution in [2.24, 2.45) is 5.41 Å². The lowest BCUT2D eigenvalue weighted by atomic mass is 9.60. The molecule has 0 radical (unpaired) electrons. The molecular weight excluding hydrogens is 282 g/mol. The predicted octanol–water partition coefficient (Wildman–Crippen LogP) is 1.55. The van der Waals surface area contributed by atoms with E-state index in [1.54, 1.807) is 6.07 Å². The van der Waals surface area contributed by atoms with E-state index in [1.807, 2.05) is 26.8 Å². The van der Waals surface area contributed by atoms with Gasteiger partial charge in [0.15, 0.2) is 5.82 Å². The van der Waals surface area contributed by atoms with Gasteiger partial charge >= 0.3 is 6.09 Å². The van der Waals surface area contributed by atoms with E-state index < -0.39 is 5.60 Å². The van der Waals surface area contributed by atoms with E-state index in [-0.39, 0.29) is 12.1 Å². The number of carbonyl (C=O) groups is 1. The Morgan fingerprint density at radius 1 is 1.36 bits per heavy atom. The molecule has 1 aromatic rings. The van der Waals surface area contributed by atoms with Crippen LogP contribution in [0.2, 0.25) is 0 Å². The summed E-state index contributed by atoms with van der Waals surface area (Å²) in [5.74, 6) is 1.30. The summed E-state index contributed by atoms with van der Waals surface area (Å²) in [7, 11) is 0. The smallest absolute Gasteiger partial charge is 0.407 e. The Hall–Kier alpha value is -2.05. The number of hydrogen-bond donors (Lipinski definition) is 2. The topological polar surface area (TPSA) is 93.4 Å². The van der Waals surface area contributed by atoms with Crippen molar-refractivity contribution in [1.82, 2.24) is 15.5 Å². The zero-order chi connectivity index (χ0) is 16.0. The first-order valence-corrected chi connectivity index (χ1v) is 7.58. The monoisotopic (exact) mass is 305 g/mol. The molecular formula is C15H23N5O2. The average molecular weight is 305 g/mol. The van der Waals surface area contributed by atoms with Crippen molar-refractivity contribution in [3.05, 3.63) is 12.1 Å². The number of nitrogens with one attached hydrogen (secondary N) is 1. The quantitative estimate of drug-likeness (QED) is 0.861. The van der Waals surface area contributed by atoms with Gasteiger partial charge in [0.1, 0.15) is 11.4 Å². The van der Waals surface area contributed by atoms with Crippen molar-refractivity contribution in [3.63, 3.8) is 0 Å². The van der Waals surface area contributed by atoms with Gasteiger partial charge in [-0.1, -0.05) is 0 Å². The molecule has 1 spiro atoms. The lowest BCUT2D eigenvalue weighted by molar-refractivity contribution is 0.0213. The number of amides is 1. The normalized spacial score (nSPS) is 20.2. The van der Waals surface area contributed by atoms with Crippen LogP contribution >= 0.6 is 0 Å². The minimum Gasteiger partial charge on any atom is -0.444 e. The van der Waals surface area contributed by atoms with Crippen LogP contribution in [0.4, 0.5) is 16.4 Å². The molecule has 7 heteroatoms. The van der Waals surface area contributed by atoms with Crippen LogP contribution in [0.3, 0.4) is 0 Å². The van der Waals surface area contributed by atoms with E-state index in [1.165, 1.54) is 0 Å². The van der Waals surface area contributed by atoms with E-state index >= 15 is 0 Å². The van der Waals surface area contributed by atoms with Crippen molar-refractivity contribution in [2.75, 3.05) is 23.7 Å². The number of carbonyl (C=O) groups excluding carboxylic acids is 1. The second-order valence-electron chi connectivity index (χ2n) is 7.42. The zero-order valence-electron chi connectivity index (χ0n) is 13.3. The number of nitrogens with two attached hydrogens (primary N) is 1. The molecule has 0 atom stereocenters. The standard InChI is InChI=1S/C15H23N5O2/c1-14(2,3)22-13(21)17-10-6-15(7-10)8-20(9-15)12-5-4-11(16)18-19-12/h4-5,10H,6-9H2,1-3H3,(H2,16,18)(H,17,21). The number of ether oxygens (including phenoxy) is 1. The number of aromatic nitrogens is 2. The molecule has 2 heterocycles. The van der Waals surface area contributed by atoms with E-state index in [4.69, 9.17) is 10.5 Å². The van der Waals surface area contributed by atoms with Crippen LogP contribution in [0.1, 0.15) is 33.6 Å². The number of nitrogen functional groups attached to an aromatic ring is 1. The van der Waals surface area contributed by atoms with Gasteiger partial charge in [-0.25, -0.2) is 4.79 Å². The van der Waals surface area contributed by atoms with Crippen LogP contribution < -0.4 is 16.0 Å². The minimum absolute atomic E-state index is 0.217. The van der Waals surface area contributed by atoms with Crippen molar-refractivity contribution in [2.45, 2.75) is 45.3 Å². The zero-order valence-corrected chi connectivity index (χ0v) is 13.3. The molecule has 1 saturated heterocycles. The van der Waals surface area contributed by atoms with E-state index in [2.05, 4.69) is 20.4 Å². The lowest BCUT2D eigenvalue weighted by Crippen LogP contribution is -2.67. The Morgan fingerprint density at radius 2 is 2.05 bits per heavy atom. The molecule has 1 aliphatic heterocycles. The summed E-state index contributed by atoms with van der Waals surface area (Å²) >= 11 is 0. The fraction of sp³-hybridized carbons (Fsp3) is 0.667. The molecule has 2 fully saturated rings. The van der Waals surface area contributed by atoms with Gasteiger partial charge in [-0.05, 0) is 45.7 Å². The van der Waals surface area contributed by atoms with E-state index in [9.17, 15) is 4.79 Å².